The SMILES string of the molecule is C[C@@H]1CN(CC(=O)Nc2ccc(Oc3cccc(Cl)c3)cc2)C[C@H]1C(=O)O. The topological polar surface area (TPSA) is 78.9 Å². The Kier molecular flexibility index (Phi) is 5.98. The highest BCUT2D eigenvalue weighted by molar-refractivity contribution is 6.30. The molecule has 1 fully saturated rings. The summed E-state index contributed by atoms with van der Waals surface area (Å²) >= 11 is 5.93. The maximum atomic E-state index is 12.2. The van der Waals surface area contributed by atoms with Gasteiger partial charge in [-0.1, -0.05) is 24.6 Å². The van der Waals surface area contributed by atoms with Crippen LogP contribution in [0.4, 0.5) is 5.69 Å². The highest BCUT2D eigenvalue weighted by Crippen LogP contribution is 2.26. The first-order chi connectivity index (χ1) is 12.9. The van der Waals surface area contributed by atoms with Crippen LogP contribution >= 0.6 is 11.6 Å². The van der Waals surface area contributed by atoms with E-state index < -0.39 is 11.9 Å². The fraction of sp³-hybridized carbons (Fsp3) is 0.300. The van der Waals surface area contributed by atoms with Gasteiger partial charge >= 0.3 is 5.97 Å². The Morgan fingerprint density at radius 1 is 1.19 bits per heavy atom. The number of carbonyl (C=O) groups excluding carboxylic acids is 1. The Labute approximate surface area is 162 Å². The molecule has 142 valence electrons. The number of hydrogen-bond donors (Lipinski definition) is 2. The molecule has 0 bridgehead atoms. The summed E-state index contributed by atoms with van der Waals surface area (Å²) in [5.74, 6) is -0.0836. The van der Waals surface area contributed by atoms with Crippen LogP contribution in [-0.2, 0) is 9.59 Å². The second kappa shape index (κ2) is 8.41. The first-order valence-corrected chi connectivity index (χ1v) is 9.07. The number of carboxylic acid groups (broad SMARTS) is 1. The van der Waals surface area contributed by atoms with Crippen molar-refractivity contribution in [3.63, 3.8) is 0 Å². The van der Waals surface area contributed by atoms with Crippen LogP contribution in [0.15, 0.2) is 48.5 Å². The van der Waals surface area contributed by atoms with Crippen LogP contribution in [-0.4, -0.2) is 41.5 Å². The van der Waals surface area contributed by atoms with Crippen molar-refractivity contribution in [2.75, 3.05) is 25.0 Å². The molecule has 1 amide bonds. The number of carboxylic acids is 1. The predicted octanol–water partition coefficient (Wildman–Crippen LogP) is 3.72. The highest BCUT2D eigenvalue weighted by atomic mass is 35.5. The van der Waals surface area contributed by atoms with Crippen LogP contribution in [0, 0.1) is 11.8 Å². The lowest BCUT2D eigenvalue weighted by Crippen LogP contribution is -2.32. The van der Waals surface area contributed by atoms with Gasteiger partial charge in [0.15, 0.2) is 0 Å². The minimum absolute atomic E-state index is 0.0400. The summed E-state index contributed by atoms with van der Waals surface area (Å²) in [5, 5.41) is 12.6. The Balaban J connectivity index is 1.52. The smallest absolute Gasteiger partial charge is 0.308 e. The van der Waals surface area contributed by atoms with Crippen molar-refractivity contribution in [1.82, 2.24) is 4.90 Å². The molecule has 2 aromatic rings. The summed E-state index contributed by atoms with van der Waals surface area (Å²) in [6.07, 6.45) is 0. The number of likely N-dealkylation sites (tertiary alicyclic amines) is 1. The maximum absolute atomic E-state index is 12.2. The summed E-state index contributed by atoms with van der Waals surface area (Å²) in [5.41, 5.74) is 0.653. The van der Waals surface area contributed by atoms with Crippen molar-refractivity contribution in [3.05, 3.63) is 53.6 Å². The summed E-state index contributed by atoms with van der Waals surface area (Å²) in [6, 6.07) is 14.1. The number of amides is 1. The second-order valence-corrected chi connectivity index (χ2v) is 7.18. The molecule has 7 heteroatoms. The van der Waals surface area contributed by atoms with Crippen LogP contribution < -0.4 is 10.1 Å². The lowest BCUT2D eigenvalue weighted by atomic mass is 9.99. The van der Waals surface area contributed by atoms with Gasteiger partial charge in [-0.2, -0.15) is 0 Å². The molecular weight excluding hydrogens is 368 g/mol. The predicted molar refractivity (Wildman–Crippen MR) is 103 cm³/mol. The van der Waals surface area contributed by atoms with E-state index in [2.05, 4.69) is 5.32 Å². The minimum atomic E-state index is -0.805. The fourth-order valence-electron chi connectivity index (χ4n) is 3.19. The minimum Gasteiger partial charge on any atom is -0.481 e. The van der Waals surface area contributed by atoms with Crippen molar-refractivity contribution in [2.45, 2.75) is 6.92 Å². The number of rotatable bonds is 6. The number of ether oxygens (including phenoxy) is 1. The molecule has 1 heterocycles. The van der Waals surface area contributed by atoms with E-state index in [1.807, 2.05) is 17.9 Å². The van der Waals surface area contributed by atoms with E-state index in [9.17, 15) is 14.7 Å². The molecule has 0 radical (unpaired) electrons. The largest absolute Gasteiger partial charge is 0.481 e. The van der Waals surface area contributed by atoms with E-state index in [4.69, 9.17) is 16.3 Å². The molecule has 0 spiro atoms. The van der Waals surface area contributed by atoms with Gasteiger partial charge in [-0.3, -0.25) is 14.5 Å². The number of anilines is 1. The van der Waals surface area contributed by atoms with Gasteiger partial charge in [-0.25, -0.2) is 0 Å². The molecule has 1 aliphatic rings. The first-order valence-electron chi connectivity index (χ1n) is 8.69. The zero-order valence-corrected chi connectivity index (χ0v) is 15.6. The molecular formula is C20H21ClN2O4. The quantitative estimate of drug-likeness (QED) is 0.788. The number of halogens is 1. The number of carbonyl (C=O) groups is 2. The first kappa shape index (κ1) is 19.2. The molecule has 6 nitrogen and oxygen atoms in total. The van der Waals surface area contributed by atoms with Crippen molar-refractivity contribution in [3.8, 4) is 11.5 Å². The second-order valence-electron chi connectivity index (χ2n) is 6.75. The van der Waals surface area contributed by atoms with Crippen molar-refractivity contribution in [1.29, 1.82) is 0 Å². The third-order valence-electron chi connectivity index (χ3n) is 4.54. The highest BCUT2D eigenvalue weighted by Gasteiger charge is 2.35. The van der Waals surface area contributed by atoms with Gasteiger partial charge in [-0.15, -0.1) is 0 Å². The van der Waals surface area contributed by atoms with Crippen molar-refractivity contribution < 1.29 is 19.4 Å². The molecule has 27 heavy (non-hydrogen) atoms. The maximum Gasteiger partial charge on any atom is 0.308 e. The van der Waals surface area contributed by atoms with Crippen LogP contribution in [0.5, 0.6) is 11.5 Å². The lowest BCUT2D eigenvalue weighted by Gasteiger charge is -2.15. The summed E-state index contributed by atoms with van der Waals surface area (Å²) in [7, 11) is 0. The van der Waals surface area contributed by atoms with Gasteiger partial charge in [0.25, 0.3) is 0 Å². The average molecular weight is 389 g/mol. The van der Waals surface area contributed by atoms with Gasteiger partial charge in [0.2, 0.25) is 5.91 Å². The third kappa shape index (κ3) is 5.21. The van der Waals surface area contributed by atoms with Gasteiger partial charge in [0.05, 0.1) is 12.5 Å². The third-order valence-corrected chi connectivity index (χ3v) is 4.78. The van der Waals surface area contributed by atoms with Gasteiger partial charge in [0, 0.05) is 23.8 Å². The number of hydrogen-bond acceptors (Lipinski definition) is 4. The summed E-state index contributed by atoms with van der Waals surface area (Å²) < 4.78 is 5.71. The molecule has 1 aliphatic heterocycles. The van der Waals surface area contributed by atoms with Crippen molar-refractivity contribution >= 4 is 29.2 Å². The van der Waals surface area contributed by atoms with Gasteiger partial charge < -0.3 is 15.2 Å². The monoisotopic (exact) mass is 388 g/mol. The van der Waals surface area contributed by atoms with Crippen LogP contribution in [0.1, 0.15) is 6.92 Å². The molecule has 0 unspecified atom stereocenters. The Morgan fingerprint density at radius 2 is 1.93 bits per heavy atom. The Morgan fingerprint density at radius 3 is 2.56 bits per heavy atom. The lowest BCUT2D eigenvalue weighted by molar-refractivity contribution is -0.142. The molecule has 1 saturated heterocycles. The van der Waals surface area contributed by atoms with E-state index in [1.54, 1.807) is 42.5 Å². The van der Waals surface area contributed by atoms with Crippen LogP contribution in [0.3, 0.4) is 0 Å². The Hall–Kier alpha value is -2.57. The molecule has 2 aromatic carbocycles. The Bertz CT molecular complexity index is 825. The molecule has 2 N–H and O–H groups in total. The van der Waals surface area contributed by atoms with Gasteiger partial charge in [-0.05, 0) is 48.4 Å². The standard InChI is InChI=1S/C20H21ClN2O4/c1-13-10-23(11-18(13)20(25)26)12-19(24)22-15-5-7-16(8-6-15)27-17-4-2-3-14(21)9-17/h2-9,13,18H,10-12H2,1H3,(H,22,24)(H,25,26)/t13-,18-/m1/s1. The molecule has 0 aliphatic carbocycles. The normalized spacial score (nSPS) is 19.6. The summed E-state index contributed by atoms with van der Waals surface area (Å²) in [4.78, 5) is 25.3. The number of nitrogens with zero attached hydrogens (tertiary/aromatic N) is 1. The summed E-state index contributed by atoms with van der Waals surface area (Å²) in [6.45, 7) is 3.08. The van der Waals surface area contributed by atoms with E-state index >= 15 is 0 Å². The fourth-order valence-corrected chi connectivity index (χ4v) is 3.37. The number of nitrogens with one attached hydrogen (secondary N) is 1. The number of aliphatic carboxylic acids is 1. The van der Waals surface area contributed by atoms with Crippen LogP contribution in [0.2, 0.25) is 5.02 Å². The van der Waals surface area contributed by atoms with Gasteiger partial charge in [0.1, 0.15) is 11.5 Å². The molecule has 0 aromatic heterocycles. The molecule has 3 rings (SSSR count). The van der Waals surface area contributed by atoms with Crippen LogP contribution in [0.25, 0.3) is 0 Å². The zero-order valence-electron chi connectivity index (χ0n) is 14.9. The average Bonchev–Trinajstić information content (AvgIpc) is 2.97. The molecule has 2 atom stereocenters. The van der Waals surface area contributed by atoms with E-state index in [-0.39, 0.29) is 18.4 Å². The van der Waals surface area contributed by atoms with E-state index in [1.165, 1.54) is 0 Å². The molecule has 0 saturated carbocycles. The van der Waals surface area contributed by atoms with Crippen molar-refractivity contribution in [2.24, 2.45) is 11.8 Å². The number of benzene rings is 2. The zero-order chi connectivity index (χ0) is 19.4. The van der Waals surface area contributed by atoms with E-state index in [0.29, 0.717) is 35.3 Å². The van der Waals surface area contributed by atoms with E-state index in [0.717, 1.165) is 0 Å².